The van der Waals surface area contributed by atoms with Crippen LogP contribution in [0.5, 0.6) is 5.75 Å². The number of piperidine rings is 1. The Labute approximate surface area is 157 Å². The lowest BCUT2D eigenvalue weighted by Crippen LogP contribution is -2.61. The van der Waals surface area contributed by atoms with Gasteiger partial charge in [0.1, 0.15) is 23.8 Å². The molecule has 2 atom stereocenters. The van der Waals surface area contributed by atoms with Gasteiger partial charge in [0.25, 0.3) is 0 Å². The molecule has 2 aromatic rings. The Hall–Kier alpha value is -1.87. The molecular weight excluding hydrogens is 374 g/mol. The first-order valence-corrected chi connectivity index (χ1v) is 10.3. The largest absolute Gasteiger partial charge is 0.593 e. The van der Waals surface area contributed by atoms with Gasteiger partial charge in [0.2, 0.25) is 4.90 Å². The quantitative estimate of drug-likeness (QED) is 0.796. The fourth-order valence-corrected chi connectivity index (χ4v) is 5.40. The summed E-state index contributed by atoms with van der Waals surface area (Å²) in [4.78, 5) is 1.98. The smallest absolute Gasteiger partial charge is 0.216 e. The predicted octanol–water partition coefficient (Wildman–Crippen LogP) is 2.89. The number of likely N-dealkylation sites (tertiary alicyclic amines) is 1. The number of hydrogen-bond donors (Lipinski definition) is 1. The summed E-state index contributed by atoms with van der Waals surface area (Å²) >= 11 is 0. The van der Waals surface area contributed by atoms with Gasteiger partial charge in [-0.15, -0.1) is 4.72 Å². The third kappa shape index (κ3) is 3.62. The number of nitrogens with zero attached hydrogens (tertiary/aromatic N) is 1. The van der Waals surface area contributed by atoms with Gasteiger partial charge in [-0.1, -0.05) is 22.4 Å². The molecule has 2 unspecified atom stereocenters. The van der Waals surface area contributed by atoms with Gasteiger partial charge in [0.15, 0.2) is 16.1 Å². The van der Waals surface area contributed by atoms with Gasteiger partial charge in [0, 0.05) is 18.7 Å². The van der Waals surface area contributed by atoms with Gasteiger partial charge in [0.05, 0.1) is 0 Å². The summed E-state index contributed by atoms with van der Waals surface area (Å²) < 4.78 is 62.2. The highest BCUT2D eigenvalue weighted by atomic mass is 32.3. The van der Waals surface area contributed by atoms with Crippen molar-refractivity contribution in [2.75, 3.05) is 19.7 Å². The maximum absolute atomic E-state index is 14.0. The van der Waals surface area contributed by atoms with E-state index in [1.54, 1.807) is 18.2 Å². The van der Waals surface area contributed by atoms with Crippen LogP contribution in [0.1, 0.15) is 18.4 Å². The highest BCUT2D eigenvalue weighted by Crippen LogP contribution is 2.35. The molecule has 1 N–H and O–H groups in total. The molecule has 0 aliphatic carbocycles. The molecule has 0 aromatic heterocycles. The Morgan fingerprint density at radius 2 is 1.93 bits per heavy atom. The first kappa shape index (κ1) is 18.5. The molecule has 0 saturated carbocycles. The Bertz CT molecular complexity index is 890. The molecule has 8 heteroatoms. The monoisotopic (exact) mass is 394 g/mol. The molecular formula is C19H20F2N2O3S. The summed E-state index contributed by atoms with van der Waals surface area (Å²) in [7, 11) is -3.75. The van der Waals surface area contributed by atoms with Crippen LogP contribution in [0.4, 0.5) is 8.78 Å². The normalized spacial score (nSPS) is 28.4. The zero-order valence-electron chi connectivity index (χ0n) is 14.6. The molecule has 0 bridgehead atoms. The van der Waals surface area contributed by atoms with Crippen molar-refractivity contribution in [3.8, 4) is 5.75 Å². The van der Waals surface area contributed by atoms with Crippen molar-refractivity contribution in [3.63, 3.8) is 0 Å². The second kappa shape index (κ2) is 6.94. The SMILES string of the molecule is O=[S+]1([O-])NC2(CCCN(Cc3c(F)cccc3F)C2)COc2ccccc21. The van der Waals surface area contributed by atoms with Gasteiger partial charge in [-0.2, -0.15) is 0 Å². The average Bonchev–Trinajstić information content (AvgIpc) is 2.73. The van der Waals surface area contributed by atoms with E-state index < -0.39 is 27.6 Å². The van der Waals surface area contributed by atoms with Crippen molar-refractivity contribution in [2.24, 2.45) is 0 Å². The number of ether oxygens (including phenoxy) is 1. The number of nitrogens with one attached hydrogen (secondary N) is 1. The van der Waals surface area contributed by atoms with Crippen molar-refractivity contribution < 1.29 is 22.3 Å². The van der Waals surface area contributed by atoms with E-state index in [9.17, 15) is 17.5 Å². The number of rotatable bonds is 2. The van der Waals surface area contributed by atoms with E-state index in [2.05, 4.69) is 4.72 Å². The summed E-state index contributed by atoms with van der Waals surface area (Å²) in [5.74, 6) is -0.876. The molecule has 2 heterocycles. The van der Waals surface area contributed by atoms with E-state index in [4.69, 9.17) is 4.74 Å². The van der Waals surface area contributed by atoms with Crippen LogP contribution in [-0.4, -0.2) is 34.7 Å². The molecule has 1 spiro atoms. The maximum Gasteiger partial charge on any atom is 0.216 e. The predicted molar refractivity (Wildman–Crippen MR) is 95.8 cm³/mol. The average molecular weight is 394 g/mol. The maximum atomic E-state index is 14.0. The highest BCUT2D eigenvalue weighted by Gasteiger charge is 2.46. The van der Waals surface area contributed by atoms with Gasteiger partial charge >= 0.3 is 0 Å². The second-order valence-corrected chi connectivity index (χ2v) is 8.79. The lowest BCUT2D eigenvalue weighted by molar-refractivity contribution is 0.0877. The van der Waals surface area contributed by atoms with Crippen LogP contribution < -0.4 is 9.46 Å². The molecule has 2 aromatic carbocycles. The topological polar surface area (TPSA) is 64.6 Å². The van der Waals surface area contributed by atoms with Crippen LogP contribution >= 0.6 is 0 Å². The van der Waals surface area contributed by atoms with Crippen LogP contribution in [0.3, 0.4) is 0 Å². The van der Waals surface area contributed by atoms with Crippen molar-refractivity contribution in [3.05, 3.63) is 59.7 Å². The Morgan fingerprint density at radius 3 is 2.70 bits per heavy atom. The molecule has 27 heavy (non-hydrogen) atoms. The Balaban J connectivity index is 1.58. The van der Waals surface area contributed by atoms with Gasteiger partial charge in [-0.05, 0) is 43.7 Å². The van der Waals surface area contributed by atoms with Crippen LogP contribution in [-0.2, 0) is 21.2 Å². The third-order valence-electron chi connectivity index (χ3n) is 5.09. The number of para-hydroxylation sites is 1. The lowest BCUT2D eigenvalue weighted by atomic mass is 9.90. The molecule has 2 aliphatic heterocycles. The van der Waals surface area contributed by atoms with Crippen LogP contribution in [0, 0.1) is 11.6 Å². The minimum Gasteiger partial charge on any atom is -0.593 e. The van der Waals surface area contributed by atoms with E-state index in [0.29, 0.717) is 31.7 Å². The summed E-state index contributed by atoms with van der Waals surface area (Å²) in [6.07, 6.45) is 1.29. The van der Waals surface area contributed by atoms with E-state index in [0.717, 1.165) is 0 Å². The van der Waals surface area contributed by atoms with Gasteiger partial charge < -0.3 is 9.29 Å². The first-order valence-electron chi connectivity index (χ1n) is 8.80. The third-order valence-corrected chi connectivity index (χ3v) is 6.71. The van der Waals surface area contributed by atoms with Gasteiger partial charge in [-0.25, -0.2) is 8.78 Å². The number of fused-ring (bicyclic) bond motifs is 1. The molecule has 1 saturated heterocycles. The minimum atomic E-state index is -3.75. The molecule has 0 radical (unpaired) electrons. The zero-order valence-corrected chi connectivity index (χ0v) is 15.4. The number of halogens is 2. The van der Waals surface area contributed by atoms with Crippen molar-refractivity contribution in [1.29, 1.82) is 0 Å². The summed E-state index contributed by atoms with van der Waals surface area (Å²) in [6.45, 7) is 1.19. The molecule has 2 aliphatic rings. The second-order valence-electron chi connectivity index (χ2n) is 7.14. The van der Waals surface area contributed by atoms with E-state index in [1.165, 1.54) is 24.3 Å². The summed E-state index contributed by atoms with van der Waals surface area (Å²) in [5, 5.41) is 0. The Morgan fingerprint density at radius 1 is 1.19 bits per heavy atom. The fraction of sp³-hybridized carbons (Fsp3) is 0.368. The summed E-state index contributed by atoms with van der Waals surface area (Å²) in [5.41, 5.74) is -0.840. The Kier molecular flexibility index (Phi) is 4.75. The number of benzene rings is 2. The standard InChI is InChI=1S/C19H20F2N2O3S/c20-15-5-3-6-16(21)14(15)11-23-10-4-9-19(12-23)13-26-17-7-1-2-8-18(17)27(24,25)22-19/h1-3,5-8H,4,9-13H2,(H-,22,24,25). The van der Waals surface area contributed by atoms with Crippen LogP contribution in [0.15, 0.2) is 47.4 Å². The highest BCUT2D eigenvalue weighted by molar-refractivity contribution is 7.96. The van der Waals surface area contributed by atoms with Gasteiger partial charge in [-0.3, -0.25) is 4.90 Å². The van der Waals surface area contributed by atoms with E-state index in [1.807, 2.05) is 4.90 Å². The number of hydrogen-bond acceptors (Lipinski definition) is 4. The van der Waals surface area contributed by atoms with Crippen molar-refractivity contribution in [2.45, 2.75) is 29.8 Å². The molecule has 5 nitrogen and oxygen atoms in total. The van der Waals surface area contributed by atoms with Crippen LogP contribution in [0.2, 0.25) is 0 Å². The molecule has 144 valence electrons. The minimum absolute atomic E-state index is 0.00441. The van der Waals surface area contributed by atoms with Crippen LogP contribution in [0.25, 0.3) is 0 Å². The molecule has 4 rings (SSSR count). The molecule has 0 amide bonds. The van der Waals surface area contributed by atoms with E-state index >= 15 is 0 Å². The number of sulfonamides is 1. The van der Waals surface area contributed by atoms with E-state index in [-0.39, 0.29) is 23.6 Å². The summed E-state index contributed by atoms with van der Waals surface area (Å²) in [6, 6.07) is 10.3. The molecule has 1 fully saturated rings. The lowest BCUT2D eigenvalue weighted by Gasteiger charge is -2.41. The van der Waals surface area contributed by atoms with Crippen molar-refractivity contribution >= 4 is 10.4 Å². The zero-order chi connectivity index (χ0) is 19.1. The first-order chi connectivity index (χ1) is 12.9. The van der Waals surface area contributed by atoms with Crippen molar-refractivity contribution in [1.82, 2.24) is 9.62 Å². The fourth-order valence-electron chi connectivity index (χ4n) is 3.85.